The Hall–Kier alpha value is -1.49. The van der Waals surface area contributed by atoms with E-state index in [1.165, 1.54) is 31.4 Å². The number of rotatable bonds is 6. The first kappa shape index (κ1) is 14.6. The molecular formula is C11H14FN3O2S. The SMILES string of the molecule is COc1c(F)ccc(NSN(C)CCO)c1C#N. The summed E-state index contributed by atoms with van der Waals surface area (Å²) in [6, 6.07) is 4.60. The molecule has 0 aromatic heterocycles. The Bertz CT molecular complexity index is 451. The zero-order chi connectivity index (χ0) is 13.5. The Morgan fingerprint density at radius 2 is 2.33 bits per heavy atom. The average molecular weight is 271 g/mol. The number of anilines is 1. The summed E-state index contributed by atoms with van der Waals surface area (Å²) in [5, 5.41) is 17.8. The number of nitriles is 1. The second-order valence-electron chi connectivity index (χ2n) is 3.38. The first-order valence-corrected chi connectivity index (χ1v) is 5.93. The van der Waals surface area contributed by atoms with Gasteiger partial charge >= 0.3 is 0 Å². The van der Waals surface area contributed by atoms with Crippen LogP contribution in [0.25, 0.3) is 0 Å². The summed E-state index contributed by atoms with van der Waals surface area (Å²) in [5.74, 6) is -0.652. The van der Waals surface area contributed by atoms with Crippen LogP contribution in [0.1, 0.15) is 5.56 Å². The Morgan fingerprint density at radius 1 is 1.61 bits per heavy atom. The number of likely N-dealkylation sites (N-methyl/N-ethyl adjacent to an activating group) is 1. The Morgan fingerprint density at radius 3 is 2.89 bits per heavy atom. The third kappa shape index (κ3) is 3.50. The highest BCUT2D eigenvalue weighted by Gasteiger charge is 2.14. The predicted octanol–water partition coefficient (Wildman–Crippen LogP) is 1.61. The number of hydrogen-bond donors (Lipinski definition) is 2. The van der Waals surface area contributed by atoms with E-state index in [4.69, 9.17) is 15.1 Å². The molecule has 0 aliphatic heterocycles. The van der Waals surface area contributed by atoms with Gasteiger partial charge in [0.1, 0.15) is 11.6 Å². The number of ether oxygens (including phenoxy) is 1. The molecule has 0 unspecified atom stereocenters. The third-order valence-corrected chi connectivity index (χ3v) is 2.96. The monoisotopic (exact) mass is 271 g/mol. The van der Waals surface area contributed by atoms with E-state index in [1.807, 2.05) is 6.07 Å². The fourth-order valence-corrected chi connectivity index (χ4v) is 1.86. The highest BCUT2D eigenvalue weighted by Crippen LogP contribution is 2.30. The molecule has 0 saturated heterocycles. The van der Waals surface area contributed by atoms with E-state index >= 15 is 0 Å². The van der Waals surface area contributed by atoms with Crippen molar-refractivity contribution in [2.45, 2.75) is 0 Å². The number of benzene rings is 1. The van der Waals surface area contributed by atoms with Crippen LogP contribution in [-0.2, 0) is 0 Å². The molecule has 18 heavy (non-hydrogen) atoms. The summed E-state index contributed by atoms with van der Waals surface area (Å²) in [6.45, 7) is 0.501. The van der Waals surface area contributed by atoms with Crippen molar-refractivity contribution in [1.29, 1.82) is 5.26 Å². The van der Waals surface area contributed by atoms with Crippen LogP contribution in [0.4, 0.5) is 10.1 Å². The summed E-state index contributed by atoms with van der Waals surface area (Å²) in [5.41, 5.74) is 0.577. The topological polar surface area (TPSA) is 68.5 Å². The first-order chi connectivity index (χ1) is 8.63. The lowest BCUT2D eigenvalue weighted by atomic mass is 10.1. The molecule has 0 atom stereocenters. The summed E-state index contributed by atoms with van der Waals surface area (Å²) < 4.78 is 22.9. The van der Waals surface area contributed by atoms with E-state index in [0.717, 1.165) is 0 Å². The second-order valence-corrected chi connectivity index (χ2v) is 4.39. The maximum Gasteiger partial charge on any atom is 0.174 e. The fourth-order valence-electron chi connectivity index (χ4n) is 1.27. The van der Waals surface area contributed by atoms with Crippen LogP contribution in [0.3, 0.4) is 0 Å². The van der Waals surface area contributed by atoms with Crippen molar-refractivity contribution in [2.75, 3.05) is 32.0 Å². The molecule has 1 rings (SSSR count). The van der Waals surface area contributed by atoms with Crippen LogP contribution >= 0.6 is 12.1 Å². The van der Waals surface area contributed by atoms with E-state index in [2.05, 4.69) is 4.72 Å². The van der Waals surface area contributed by atoms with Gasteiger partial charge in [0.2, 0.25) is 0 Å². The van der Waals surface area contributed by atoms with Crippen molar-refractivity contribution in [3.63, 3.8) is 0 Å². The van der Waals surface area contributed by atoms with Gasteiger partial charge in [0.05, 0.1) is 19.4 Å². The van der Waals surface area contributed by atoms with Crippen molar-refractivity contribution in [1.82, 2.24) is 4.31 Å². The Labute approximate surface area is 109 Å². The molecule has 5 nitrogen and oxygen atoms in total. The van der Waals surface area contributed by atoms with Crippen LogP contribution in [0.2, 0.25) is 0 Å². The number of aliphatic hydroxyl groups excluding tert-OH is 1. The molecule has 7 heteroatoms. The average Bonchev–Trinajstić information content (AvgIpc) is 2.37. The maximum absolute atomic E-state index is 13.4. The summed E-state index contributed by atoms with van der Waals surface area (Å²) in [7, 11) is 3.09. The van der Waals surface area contributed by atoms with Gasteiger partial charge in [-0.05, 0) is 19.2 Å². The van der Waals surface area contributed by atoms with Crippen LogP contribution in [0, 0.1) is 17.1 Å². The Balaban J connectivity index is 2.87. The van der Waals surface area contributed by atoms with Gasteiger partial charge in [-0.3, -0.25) is 0 Å². The standard InChI is InChI=1S/C11H14FN3O2S/c1-15(5-6-16)18-14-10-4-3-9(12)11(17-2)8(10)7-13/h3-4,14,16H,5-6H2,1-2H3. The lowest BCUT2D eigenvalue weighted by Crippen LogP contribution is -2.16. The first-order valence-electron chi connectivity index (χ1n) is 5.15. The van der Waals surface area contributed by atoms with Crippen LogP contribution in [0.5, 0.6) is 5.75 Å². The highest BCUT2D eigenvalue weighted by molar-refractivity contribution is 7.98. The smallest absolute Gasteiger partial charge is 0.174 e. The predicted molar refractivity (Wildman–Crippen MR) is 68.6 cm³/mol. The molecule has 0 saturated carbocycles. The van der Waals surface area contributed by atoms with Crippen molar-refractivity contribution in [3.05, 3.63) is 23.5 Å². The van der Waals surface area contributed by atoms with Gasteiger partial charge in [-0.15, -0.1) is 0 Å². The molecule has 0 amide bonds. The largest absolute Gasteiger partial charge is 0.492 e. The molecule has 0 aliphatic carbocycles. The van der Waals surface area contributed by atoms with Crippen molar-refractivity contribution in [2.24, 2.45) is 0 Å². The molecule has 0 aliphatic rings. The third-order valence-electron chi connectivity index (χ3n) is 2.15. The summed E-state index contributed by atoms with van der Waals surface area (Å²) in [6.07, 6.45) is 0. The molecular weight excluding hydrogens is 257 g/mol. The summed E-state index contributed by atoms with van der Waals surface area (Å²) in [4.78, 5) is 0. The number of nitrogens with one attached hydrogen (secondary N) is 1. The normalized spacial score (nSPS) is 10.2. The lowest BCUT2D eigenvalue weighted by Gasteiger charge is -2.16. The number of methoxy groups -OCH3 is 1. The van der Waals surface area contributed by atoms with Gasteiger partial charge in [0.15, 0.2) is 11.6 Å². The minimum absolute atomic E-state index is 0.0308. The molecule has 0 radical (unpaired) electrons. The minimum atomic E-state index is -0.576. The lowest BCUT2D eigenvalue weighted by molar-refractivity contribution is 0.273. The van der Waals surface area contributed by atoms with E-state index in [9.17, 15) is 4.39 Å². The van der Waals surface area contributed by atoms with Gasteiger partial charge in [-0.25, -0.2) is 8.70 Å². The van der Waals surface area contributed by atoms with Crippen molar-refractivity contribution in [3.8, 4) is 11.8 Å². The van der Waals surface area contributed by atoms with Crippen LogP contribution < -0.4 is 9.46 Å². The molecule has 2 N–H and O–H groups in total. The minimum Gasteiger partial charge on any atom is -0.492 e. The molecule has 1 aromatic carbocycles. The number of nitrogens with zero attached hydrogens (tertiary/aromatic N) is 2. The number of aliphatic hydroxyl groups is 1. The number of hydrogen-bond acceptors (Lipinski definition) is 6. The van der Waals surface area contributed by atoms with Crippen LogP contribution in [-0.4, -0.2) is 36.7 Å². The molecule has 1 aromatic rings. The quantitative estimate of drug-likeness (QED) is 0.766. The molecule has 98 valence electrons. The van der Waals surface area contributed by atoms with Gasteiger partial charge in [-0.2, -0.15) is 5.26 Å². The van der Waals surface area contributed by atoms with Gasteiger partial charge in [0, 0.05) is 18.7 Å². The zero-order valence-electron chi connectivity index (χ0n) is 10.1. The Kier molecular flexibility index (Phi) is 5.71. The van der Waals surface area contributed by atoms with E-state index in [0.29, 0.717) is 12.2 Å². The molecule has 0 spiro atoms. The van der Waals surface area contributed by atoms with Crippen molar-refractivity contribution >= 4 is 17.8 Å². The van der Waals surface area contributed by atoms with E-state index in [1.54, 1.807) is 11.4 Å². The van der Waals surface area contributed by atoms with Crippen molar-refractivity contribution < 1.29 is 14.2 Å². The van der Waals surface area contributed by atoms with Gasteiger partial charge in [-0.1, -0.05) is 0 Å². The molecule has 0 bridgehead atoms. The van der Waals surface area contributed by atoms with Gasteiger partial charge < -0.3 is 14.6 Å². The zero-order valence-corrected chi connectivity index (χ0v) is 10.9. The summed E-state index contributed by atoms with van der Waals surface area (Å²) >= 11 is 1.20. The maximum atomic E-state index is 13.4. The highest BCUT2D eigenvalue weighted by atomic mass is 32.2. The van der Waals surface area contributed by atoms with Gasteiger partial charge in [0.25, 0.3) is 0 Å². The van der Waals surface area contributed by atoms with E-state index in [-0.39, 0.29) is 17.9 Å². The second kappa shape index (κ2) is 7.06. The number of halogens is 1. The van der Waals surface area contributed by atoms with Crippen LogP contribution in [0.15, 0.2) is 12.1 Å². The van der Waals surface area contributed by atoms with E-state index < -0.39 is 5.82 Å². The fraction of sp³-hybridized carbons (Fsp3) is 0.364. The molecule has 0 fully saturated rings. The molecule has 0 heterocycles.